The Labute approximate surface area is 31.6 Å². The van der Waals surface area contributed by atoms with Gasteiger partial charge in [0.1, 0.15) is 5.75 Å². The Balaban J connectivity index is 1.97. The summed E-state index contributed by atoms with van der Waals surface area (Å²) in [7, 11) is 0. The van der Waals surface area contributed by atoms with Crippen molar-refractivity contribution in [3.8, 4) is 0 Å². The van der Waals surface area contributed by atoms with Gasteiger partial charge in [-0.1, -0.05) is 0 Å². The Morgan fingerprint density at radius 3 is 2.00 bits per heavy atom. The number of hydrogen-bond donors (Lipinski definition) is 0. The topological polar surface area (TPSA) is 0 Å². The molecular formula is C3H9S+. The SMILES string of the molecule is CC[SH+]C. The molecule has 0 spiro atoms. The average Bonchev–Trinajstić information content (AvgIpc) is 1.37. The van der Waals surface area contributed by atoms with Gasteiger partial charge in [-0.2, -0.15) is 0 Å². The van der Waals surface area contributed by atoms with Gasteiger partial charge in [0, 0.05) is 0 Å². The fourth-order valence-corrected chi connectivity index (χ4v) is 0. The minimum absolute atomic E-state index is 1.29. The van der Waals surface area contributed by atoms with Crippen molar-refractivity contribution in [3.63, 3.8) is 0 Å². The largest absolute Gasteiger partial charge is 0.102 e. The van der Waals surface area contributed by atoms with Crippen LogP contribution in [-0.2, 0) is 11.8 Å². The van der Waals surface area contributed by atoms with Crippen LogP contribution in [0.1, 0.15) is 6.92 Å². The molecule has 0 radical (unpaired) electrons. The molecule has 0 aromatic rings. The van der Waals surface area contributed by atoms with E-state index in [1.54, 1.807) is 0 Å². The summed E-state index contributed by atoms with van der Waals surface area (Å²) in [5, 5.41) is 0. The monoisotopic (exact) mass is 77.0 g/mol. The lowest BCUT2D eigenvalue weighted by atomic mass is 11.0. The number of rotatable bonds is 1. The third kappa shape index (κ3) is 2.35. The summed E-state index contributed by atoms with van der Waals surface area (Å²) in [5.41, 5.74) is 0. The molecule has 26 valence electrons. The first kappa shape index (κ1) is 4.35. The summed E-state index contributed by atoms with van der Waals surface area (Å²) in [6.45, 7) is 2.17. The molecule has 0 bridgehead atoms. The second kappa shape index (κ2) is 3.35. The molecule has 0 N–H and O–H groups in total. The van der Waals surface area contributed by atoms with Gasteiger partial charge in [-0.15, -0.1) is 0 Å². The van der Waals surface area contributed by atoms with E-state index in [0.717, 1.165) is 0 Å². The summed E-state index contributed by atoms with van der Waals surface area (Å²) in [5.74, 6) is 1.29. The highest BCUT2D eigenvalue weighted by Gasteiger charge is 1.66. The van der Waals surface area contributed by atoms with Crippen LogP contribution in [0, 0.1) is 0 Å². The Hall–Kier alpha value is 0.350. The summed E-state index contributed by atoms with van der Waals surface area (Å²) < 4.78 is 0. The van der Waals surface area contributed by atoms with Crippen molar-refractivity contribution in [2.24, 2.45) is 0 Å². The van der Waals surface area contributed by atoms with Gasteiger partial charge in [-0.05, 0) is 18.7 Å². The predicted octanol–water partition coefficient (Wildman–Crippen LogP) is 0.451. The number of thiol groups is 1. The van der Waals surface area contributed by atoms with Crippen molar-refractivity contribution in [3.05, 3.63) is 0 Å². The fraction of sp³-hybridized carbons (Fsp3) is 1.00. The van der Waals surface area contributed by atoms with Crippen LogP contribution in [0.25, 0.3) is 0 Å². The molecule has 0 amide bonds. The first-order valence-electron chi connectivity index (χ1n) is 1.47. The van der Waals surface area contributed by atoms with Crippen LogP contribution in [0.3, 0.4) is 0 Å². The molecule has 0 saturated heterocycles. The molecule has 0 aromatic heterocycles. The minimum Gasteiger partial charge on any atom is -0.0310 e. The van der Waals surface area contributed by atoms with E-state index in [9.17, 15) is 0 Å². The summed E-state index contributed by atoms with van der Waals surface area (Å²) in [4.78, 5) is 0. The molecule has 0 rings (SSSR count). The maximum absolute atomic E-state index is 2.17. The van der Waals surface area contributed by atoms with Gasteiger partial charge in [0.25, 0.3) is 0 Å². The summed E-state index contributed by atoms with van der Waals surface area (Å²) in [6.07, 6.45) is 2.15. The van der Waals surface area contributed by atoms with Crippen LogP contribution in [0.15, 0.2) is 0 Å². The minimum atomic E-state index is 1.29. The van der Waals surface area contributed by atoms with E-state index in [2.05, 4.69) is 13.2 Å². The third-order valence-corrected chi connectivity index (χ3v) is 0.949. The number of hydrogen-bond acceptors (Lipinski definition) is 0. The Kier molecular flexibility index (Phi) is 3.64. The molecule has 0 saturated carbocycles. The highest BCUT2D eigenvalue weighted by molar-refractivity contribution is 7.77. The Bertz CT molecular complexity index is 5.25. The molecule has 0 nitrogen and oxygen atoms in total. The van der Waals surface area contributed by atoms with Crippen molar-refractivity contribution < 1.29 is 0 Å². The zero-order valence-electron chi connectivity index (χ0n) is 3.15. The molecule has 0 aromatic carbocycles. The summed E-state index contributed by atoms with van der Waals surface area (Å²) >= 11 is 1.50. The molecular weight excluding hydrogens is 68.1 g/mol. The molecule has 0 atom stereocenters. The zero-order valence-corrected chi connectivity index (χ0v) is 4.05. The lowest BCUT2D eigenvalue weighted by molar-refractivity contribution is 1.53. The van der Waals surface area contributed by atoms with E-state index in [0.29, 0.717) is 0 Å². The molecule has 0 aliphatic rings. The lowest BCUT2D eigenvalue weighted by Crippen LogP contribution is -1.71. The molecule has 0 unspecified atom stereocenters. The first-order chi connectivity index (χ1) is 1.91. The van der Waals surface area contributed by atoms with Crippen molar-refractivity contribution in [2.45, 2.75) is 6.92 Å². The van der Waals surface area contributed by atoms with E-state index in [-0.39, 0.29) is 0 Å². The van der Waals surface area contributed by atoms with Gasteiger partial charge in [0.05, 0.1) is 6.26 Å². The van der Waals surface area contributed by atoms with Crippen LogP contribution >= 0.6 is 0 Å². The van der Waals surface area contributed by atoms with Gasteiger partial charge >= 0.3 is 0 Å². The zero-order chi connectivity index (χ0) is 3.41. The standard InChI is InChI=1S/C3H8S/c1-3-4-2/h3H2,1-2H3/p+1. The second-order valence-corrected chi connectivity index (χ2v) is 1.90. The quantitative estimate of drug-likeness (QED) is 0.315. The molecule has 0 aliphatic heterocycles. The Morgan fingerprint density at radius 2 is 2.00 bits per heavy atom. The first-order valence-corrected chi connectivity index (χ1v) is 3.00. The smallest absolute Gasteiger partial charge is 0.0310 e. The van der Waals surface area contributed by atoms with E-state index in [4.69, 9.17) is 0 Å². The fourth-order valence-electron chi connectivity index (χ4n) is 0. The summed E-state index contributed by atoms with van der Waals surface area (Å²) in [6, 6.07) is 0. The molecule has 0 heterocycles. The van der Waals surface area contributed by atoms with Crippen LogP contribution in [0.4, 0.5) is 0 Å². The van der Waals surface area contributed by atoms with Gasteiger partial charge < -0.3 is 0 Å². The third-order valence-electron chi connectivity index (χ3n) is 0.316. The van der Waals surface area contributed by atoms with E-state index in [1.165, 1.54) is 17.5 Å². The molecule has 0 aliphatic carbocycles. The van der Waals surface area contributed by atoms with Crippen LogP contribution in [-0.4, -0.2) is 12.0 Å². The average molecular weight is 77.2 g/mol. The van der Waals surface area contributed by atoms with Gasteiger partial charge in [-0.3, -0.25) is 0 Å². The highest BCUT2D eigenvalue weighted by atomic mass is 32.2. The Morgan fingerprint density at radius 1 is 1.75 bits per heavy atom. The van der Waals surface area contributed by atoms with Crippen LogP contribution in [0.2, 0.25) is 0 Å². The van der Waals surface area contributed by atoms with E-state index >= 15 is 0 Å². The van der Waals surface area contributed by atoms with Crippen molar-refractivity contribution >= 4 is 11.8 Å². The van der Waals surface area contributed by atoms with E-state index < -0.39 is 0 Å². The second-order valence-electron chi connectivity index (χ2n) is 0.632. The maximum atomic E-state index is 2.17. The highest BCUT2D eigenvalue weighted by Crippen LogP contribution is 1.54. The predicted molar refractivity (Wildman–Crippen MR) is 25.2 cm³/mol. The van der Waals surface area contributed by atoms with Crippen molar-refractivity contribution in [1.29, 1.82) is 0 Å². The molecule has 0 fully saturated rings. The normalized spacial score (nSPS) is 7.50. The van der Waals surface area contributed by atoms with Gasteiger partial charge in [-0.25, -0.2) is 0 Å². The molecule has 1 heteroatoms. The van der Waals surface area contributed by atoms with Crippen molar-refractivity contribution in [1.82, 2.24) is 0 Å². The van der Waals surface area contributed by atoms with Crippen LogP contribution < -0.4 is 0 Å². The lowest BCUT2D eigenvalue weighted by Gasteiger charge is -1.58. The van der Waals surface area contributed by atoms with E-state index in [1.807, 2.05) is 0 Å². The maximum Gasteiger partial charge on any atom is 0.102 e. The van der Waals surface area contributed by atoms with Gasteiger partial charge in [0.15, 0.2) is 0 Å². The van der Waals surface area contributed by atoms with Gasteiger partial charge in [0.2, 0.25) is 0 Å². The van der Waals surface area contributed by atoms with Crippen molar-refractivity contribution in [2.75, 3.05) is 12.0 Å². The molecule has 4 heavy (non-hydrogen) atoms. The van der Waals surface area contributed by atoms with Crippen LogP contribution in [0.5, 0.6) is 0 Å².